The fourth-order valence-electron chi connectivity index (χ4n) is 3.82. The van der Waals surface area contributed by atoms with Gasteiger partial charge in [0.05, 0.1) is 29.2 Å². The third-order valence-corrected chi connectivity index (χ3v) is 5.44. The molecule has 1 atom stereocenters. The van der Waals surface area contributed by atoms with Crippen LogP contribution in [-0.4, -0.2) is 21.6 Å². The van der Waals surface area contributed by atoms with Crippen molar-refractivity contribution in [2.75, 3.05) is 6.61 Å². The minimum absolute atomic E-state index is 0.214. The van der Waals surface area contributed by atoms with Crippen LogP contribution in [-0.2, 0) is 11.3 Å². The van der Waals surface area contributed by atoms with E-state index in [-0.39, 0.29) is 18.5 Å². The molecule has 7 heteroatoms. The number of carbonyl (C=O) groups excluding carboxylic acids is 1. The summed E-state index contributed by atoms with van der Waals surface area (Å²) in [5.74, 6) is 0.320. The summed E-state index contributed by atoms with van der Waals surface area (Å²) >= 11 is 0. The first-order chi connectivity index (χ1) is 16.0. The molecule has 0 spiro atoms. The van der Waals surface area contributed by atoms with Crippen LogP contribution in [0.1, 0.15) is 25.5 Å². The van der Waals surface area contributed by atoms with Crippen molar-refractivity contribution >= 4 is 16.8 Å². The Bertz CT molecular complexity index is 1390. The number of nitrogens with one attached hydrogen (secondary N) is 1. The summed E-state index contributed by atoms with van der Waals surface area (Å²) in [7, 11) is 0. The monoisotopic (exact) mass is 443 g/mol. The van der Waals surface area contributed by atoms with E-state index in [1.165, 1.54) is 4.57 Å². The van der Waals surface area contributed by atoms with Gasteiger partial charge in [0.25, 0.3) is 5.56 Å². The molecule has 0 saturated heterocycles. The Morgan fingerprint density at radius 2 is 1.61 bits per heavy atom. The molecule has 0 saturated carbocycles. The fourth-order valence-corrected chi connectivity index (χ4v) is 3.82. The van der Waals surface area contributed by atoms with Gasteiger partial charge >= 0.3 is 5.69 Å². The van der Waals surface area contributed by atoms with Crippen LogP contribution in [0.5, 0.6) is 5.75 Å². The molecule has 0 aliphatic heterocycles. The van der Waals surface area contributed by atoms with Gasteiger partial charge in [-0.3, -0.25) is 14.2 Å². The molecule has 4 rings (SSSR count). The summed E-state index contributed by atoms with van der Waals surface area (Å²) in [5, 5.41) is 3.29. The van der Waals surface area contributed by atoms with E-state index in [4.69, 9.17) is 4.74 Å². The summed E-state index contributed by atoms with van der Waals surface area (Å²) in [6.07, 6.45) is 0. The molecular weight excluding hydrogens is 418 g/mol. The quantitative estimate of drug-likeness (QED) is 0.475. The van der Waals surface area contributed by atoms with Crippen LogP contribution in [0.2, 0.25) is 0 Å². The number of aromatic nitrogens is 2. The fraction of sp³-hybridized carbons (Fsp3) is 0.192. The molecular formula is C26H25N3O4. The van der Waals surface area contributed by atoms with Crippen molar-refractivity contribution in [3.8, 4) is 11.4 Å². The number of carbonyl (C=O) groups is 1. The van der Waals surface area contributed by atoms with Gasteiger partial charge in [-0.2, -0.15) is 0 Å². The maximum Gasteiger partial charge on any atom is 0.336 e. The Morgan fingerprint density at radius 1 is 0.939 bits per heavy atom. The normalized spacial score (nSPS) is 11.8. The molecule has 168 valence electrons. The average Bonchev–Trinajstić information content (AvgIpc) is 2.83. The number of benzene rings is 3. The third kappa shape index (κ3) is 4.57. The highest BCUT2D eigenvalue weighted by Gasteiger charge is 2.17. The summed E-state index contributed by atoms with van der Waals surface area (Å²) in [4.78, 5) is 39.5. The van der Waals surface area contributed by atoms with Crippen molar-refractivity contribution in [2.45, 2.75) is 26.4 Å². The Labute approximate surface area is 190 Å². The van der Waals surface area contributed by atoms with Crippen molar-refractivity contribution < 1.29 is 9.53 Å². The number of rotatable bonds is 7. The topological polar surface area (TPSA) is 82.3 Å². The minimum atomic E-state index is -0.578. The van der Waals surface area contributed by atoms with E-state index >= 15 is 0 Å². The summed E-state index contributed by atoms with van der Waals surface area (Å²) in [5.41, 5.74) is 0.769. The lowest BCUT2D eigenvalue weighted by Crippen LogP contribution is -2.42. The number of amides is 1. The number of hydrogen-bond donors (Lipinski definition) is 1. The van der Waals surface area contributed by atoms with Crippen molar-refractivity contribution in [3.05, 3.63) is 105 Å². The van der Waals surface area contributed by atoms with Crippen LogP contribution in [0.15, 0.2) is 88.5 Å². The molecule has 0 aliphatic rings. The van der Waals surface area contributed by atoms with Gasteiger partial charge in [-0.05, 0) is 55.8 Å². The molecule has 1 heterocycles. The zero-order valence-corrected chi connectivity index (χ0v) is 18.5. The van der Waals surface area contributed by atoms with Gasteiger partial charge in [0.2, 0.25) is 5.91 Å². The largest absolute Gasteiger partial charge is 0.494 e. The Kier molecular flexibility index (Phi) is 6.40. The van der Waals surface area contributed by atoms with Crippen molar-refractivity contribution in [3.63, 3.8) is 0 Å². The smallest absolute Gasteiger partial charge is 0.336 e. The van der Waals surface area contributed by atoms with Gasteiger partial charge in [-0.1, -0.05) is 42.5 Å². The summed E-state index contributed by atoms with van der Waals surface area (Å²) in [6.45, 7) is 4.06. The average molecular weight is 444 g/mol. The standard InChI is InChI=1S/C26H25N3O4/c1-3-33-21-15-13-20(14-16-21)29-25(31)22-11-7-8-12-23(22)28(26(29)32)17-24(30)27-18(2)19-9-5-4-6-10-19/h4-16,18H,3,17H2,1-2H3,(H,27,30). The highest BCUT2D eigenvalue weighted by molar-refractivity contribution is 5.82. The molecule has 1 N–H and O–H groups in total. The van der Waals surface area contributed by atoms with Crippen LogP contribution < -0.4 is 21.3 Å². The molecule has 1 unspecified atom stereocenters. The Hall–Kier alpha value is -4.13. The van der Waals surface area contributed by atoms with Crippen LogP contribution in [0.4, 0.5) is 0 Å². The molecule has 0 fully saturated rings. The Balaban J connectivity index is 1.74. The number of hydrogen-bond acceptors (Lipinski definition) is 4. The van der Waals surface area contributed by atoms with Crippen LogP contribution in [0.25, 0.3) is 16.6 Å². The lowest BCUT2D eigenvalue weighted by molar-refractivity contribution is -0.122. The number of nitrogens with zero attached hydrogens (tertiary/aromatic N) is 2. The molecule has 4 aromatic rings. The van der Waals surface area contributed by atoms with E-state index in [0.717, 1.165) is 10.1 Å². The minimum Gasteiger partial charge on any atom is -0.494 e. The van der Waals surface area contributed by atoms with E-state index in [2.05, 4.69) is 5.32 Å². The van der Waals surface area contributed by atoms with E-state index in [9.17, 15) is 14.4 Å². The first-order valence-electron chi connectivity index (χ1n) is 10.8. The van der Waals surface area contributed by atoms with E-state index < -0.39 is 11.2 Å². The second kappa shape index (κ2) is 9.56. The molecule has 33 heavy (non-hydrogen) atoms. The highest BCUT2D eigenvalue weighted by atomic mass is 16.5. The van der Waals surface area contributed by atoms with Crippen LogP contribution in [0.3, 0.4) is 0 Å². The van der Waals surface area contributed by atoms with E-state index in [1.807, 2.05) is 44.2 Å². The number of fused-ring (bicyclic) bond motifs is 1. The summed E-state index contributed by atoms with van der Waals surface area (Å²) < 4.78 is 7.88. The Morgan fingerprint density at radius 3 is 2.30 bits per heavy atom. The van der Waals surface area contributed by atoms with E-state index in [0.29, 0.717) is 28.9 Å². The van der Waals surface area contributed by atoms with Gasteiger partial charge in [0.15, 0.2) is 0 Å². The molecule has 0 aliphatic carbocycles. The van der Waals surface area contributed by atoms with Crippen molar-refractivity contribution in [1.29, 1.82) is 0 Å². The first-order valence-corrected chi connectivity index (χ1v) is 10.8. The van der Waals surface area contributed by atoms with Gasteiger partial charge in [-0.25, -0.2) is 9.36 Å². The van der Waals surface area contributed by atoms with Gasteiger partial charge in [0, 0.05) is 0 Å². The van der Waals surface area contributed by atoms with Crippen LogP contribution >= 0.6 is 0 Å². The lowest BCUT2D eigenvalue weighted by Gasteiger charge is -2.17. The zero-order chi connectivity index (χ0) is 23.4. The maximum absolute atomic E-state index is 13.4. The predicted molar refractivity (Wildman–Crippen MR) is 128 cm³/mol. The number of para-hydroxylation sites is 1. The predicted octanol–water partition coefficient (Wildman–Crippen LogP) is 3.43. The molecule has 0 bridgehead atoms. The first kappa shape index (κ1) is 22.1. The lowest BCUT2D eigenvalue weighted by atomic mass is 10.1. The SMILES string of the molecule is CCOc1ccc(-n2c(=O)c3ccccc3n(CC(=O)NC(C)c3ccccc3)c2=O)cc1. The van der Waals surface area contributed by atoms with E-state index in [1.54, 1.807) is 48.5 Å². The second-order valence-electron chi connectivity index (χ2n) is 7.65. The molecule has 7 nitrogen and oxygen atoms in total. The zero-order valence-electron chi connectivity index (χ0n) is 18.5. The van der Waals surface area contributed by atoms with Gasteiger partial charge < -0.3 is 10.1 Å². The number of ether oxygens (including phenoxy) is 1. The van der Waals surface area contributed by atoms with Gasteiger partial charge in [-0.15, -0.1) is 0 Å². The maximum atomic E-state index is 13.4. The van der Waals surface area contributed by atoms with Crippen LogP contribution in [0, 0.1) is 0 Å². The molecule has 1 amide bonds. The third-order valence-electron chi connectivity index (χ3n) is 5.44. The second-order valence-corrected chi connectivity index (χ2v) is 7.65. The van der Waals surface area contributed by atoms with Gasteiger partial charge in [0.1, 0.15) is 12.3 Å². The highest BCUT2D eigenvalue weighted by Crippen LogP contribution is 2.15. The molecule has 1 aromatic heterocycles. The van der Waals surface area contributed by atoms with Crippen molar-refractivity contribution in [2.24, 2.45) is 0 Å². The van der Waals surface area contributed by atoms with Crippen molar-refractivity contribution in [1.82, 2.24) is 14.5 Å². The summed E-state index contributed by atoms with van der Waals surface area (Å²) in [6, 6.07) is 22.9. The molecule has 0 radical (unpaired) electrons. The molecule has 3 aromatic carbocycles.